The maximum Gasteiger partial charge on any atom is 0.305 e. The average Bonchev–Trinajstić information content (AvgIpc) is 3.03. The van der Waals surface area contributed by atoms with Gasteiger partial charge in [-0.25, -0.2) is 8.78 Å². The highest BCUT2D eigenvalue weighted by Crippen LogP contribution is 2.24. The number of nitrogens with zero attached hydrogens (tertiary/aromatic N) is 2. The molecular formula is C20H17F2N3O4. The second-order valence-corrected chi connectivity index (χ2v) is 6.38. The number of amides is 1. The van der Waals surface area contributed by atoms with Crippen LogP contribution in [0.25, 0.3) is 5.69 Å². The molecule has 0 aliphatic heterocycles. The number of benzene rings is 2. The first-order chi connectivity index (χ1) is 13.8. The second-order valence-electron chi connectivity index (χ2n) is 6.38. The molecular weight excluding hydrogens is 384 g/mol. The van der Waals surface area contributed by atoms with Gasteiger partial charge in [-0.3, -0.25) is 9.59 Å². The Labute approximate surface area is 164 Å². The van der Waals surface area contributed by atoms with E-state index < -0.39 is 41.9 Å². The Kier molecular flexibility index (Phi) is 5.58. The molecule has 1 heterocycles. The molecule has 0 radical (unpaired) electrons. The average molecular weight is 401 g/mol. The van der Waals surface area contributed by atoms with E-state index in [0.29, 0.717) is 11.1 Å². The van der Waals surface area contributed by atoms with Crippen LogP contribution in [-0.2, 0) is 4.79 Å². The van der Waals surface area contributed by atoms with Crippen molar-refractivity contribution in [3.63, 3.8) is 0 Å². The molecule has 1 unspecified atom stereocenters. The maximum atomic E-state index is 13.9. The number of para-hydroxylation sites is 1. The number of carboxylic acids is 1. The van der Waals surface area contributed by atoms with Crippen LogP contribution >= 0.6 is 0 Å². The standard InChI is InChI=1S/C20H17F2N3O4/c1-11-8-12(21)6-7-13(11)15(10-19(27)28)23-20(29)16-9-18(26)25(24-16)17-5-3-2-4-14(17)22/h2-9,15,26H,10H2,1H3,(H,23,29)(H,27,28). The highest BCUT2D eigenvalue weighted by atomic mass is 19.1. The number of rotatable bonds is 6. The van der Waals surface area contributed by atoms with E-state index in [1.807, 2.05) is 0 Å². The van der Waals surface area contributed by atoms with Gasteiger partial charge in [0, 0.05) is 6.07 Å². The Morgan fingerprint density at radius 1 is 1.17 bits per heavy atom. The molecule has 1 aromatic heterocycles. The van der Waals surface area contributed by atoms with Crippen LogP contribution in [-0.4, -0.2) is 31.9 Å². The molecule has 0 aliphatic rings. The third-order valence-corrected chi connectivity index (χ3v) is 4.30. The molecule has 0 saturated carbocycles. The number of hydrogen-bond acceptors (Lipinski definition) is 4. The Morgan fingerprint density at radius 2 is 1.90 bits per heavy atom. The topological polar surface area (TPSA) is 104 Å². The van der Waals surface area contributed by atoms with Crippen LogP contribution in [0.3, 0.4) is 0 Å². The van der Waals surface area contributed by atoms with E-state index in [-0.39, 0.29) is 11.4 Å². The molecule has 0 spiro atoms. The Hall–Kier alpha value is -3.75. The van der Waals surface area contributed by atoms with Crippen molar-refractivity contribution in [3.8, 4) is 11.6 Å². The first-order valence-corrected chi connectivity index (χ1v) is 8.59. The number of carbonyl (C=O) groups excluding carboxylic acids is 1. The molecule has 1 atom stereocenters. The summed E-state index contributed by atoms with van der Waals surface area (Å²) in [6, 6.07) is 9.44. The number of carboxylic acid groups (broad SMARTS) is 1. The minimum absolute atomic E-state index is 0.0551. The molecule has 0 aliphatic carbocycles. The van der Waals surface area contributed by atoms with E-state index in [4.69, 9.17) is 0 Å². The summed E-state index contributed by atoms with van der Waals surface area (Å²) in [5.74, 6) is -3.54. The summed E-state index contributed by atoms with van der Waals surface area (Å²) >= 11 is 0. The van der Waals surface area contributed by atoms with Gasteiger partial charge in [0.25, 0.3) is 5.91 Å². The molecule has 3 aromatic rings. The second kappa shape index (κ2) is 8.09. The third-order valence-electron chi connectivity index (χ3n) is 4.30. The highest BCUT2D eigenvalue weighted by Gasteiger charge is 2.23. The molecule has 3 rings (SSSR count). The fourth-order valence-electron chi connectivity index (χ4n) is 2.96. The van der Waals surface area contributed by atoms with Crippen molar-refractivity contribution in [1.82, 2.24) is 15.1 Å². The van der Waals surface area contributed by atoms with Crippen LogP contribution in [0.1, 0.15) is 34.1 Å². The number of nitrogens with one attached hydrogen (secondary N) is 1. The first kappa shape index (κ1) is 20.0. The largest absolute Gasteiger partial charge is 0.493 e. The van der Waals surface area contributed by atoms with Crippen molar-refractivity contribution in [1.29, 1.82) is 0 Å². The minimum atomic E-state index is -1.17. The SMILES string of the molecule is Cc1cc(F)ccc1C(CC(=O)O)NC(=O)c1cc(O)n(-c2ccccc2F)n1. The molecule has 0 fully saturated rings. The van der Waals surface area contributed by atoms with Gasteiger partial charge < -0.3 is 15.5 Å². The molecule has 7 nitrogen and oxygen atoms in total. The molecule has 150 valence electrons. The van der Waals surface area contributed by atoms with Crippen molar-refractivity contribution < 1.29 is 28.6 Å². The van der Waals surface area contributed by atoms with Gasteiger partial charge in [-0.2, -0.15) is 9.78 Å². The highest BCUT2D eigenvalue weighted by molar-refractivity contribution is 5.93. The van der Waals surface area contributed by atoms with Gasteiger partial charge >= 0.3 is 5.97 Å². The zero-order valence-corrected chi connectivity index (χ0v) is 15.3. The molecule has 29 heavy (non-hydrogen) atoms. The predicted molar refractivity (Wildman–Crippen MR) is 98.8 cm³/mol. The molecule has 0 saturated heterocycles. The van der Waals surface area contributed by atoms with Crippen LogP contribution in [0.4, 0.5) is 8.78 Å². The lowest BCUT2D eigenvalue weighted by Crippen LogP contribution is -2.31. The summed E-state index contributed by atoms with van der Waals surface area (Å²) in [5.41, 5.74) is 0.609. The summed E-state index contributed by atoms with van der Waals surface area (Å²) in [6.45, 7) is 1.60. The van der Waals surface area contributed by atoms with Crippen molar-refractivity contribution in [2.75, 3.05) is 0 Å². The van der Waals surface area contributed by atoms with Crippen LogP contribution in [0, 0.1) is 18.6 Å². The Bertz CT molecular complexity index is 1080. The van der Waals surface area contributed by atoms with Crippen LogP contribution in [0.15, 0.2) is 48.5 Å². The molecule has 1 amide bonds. The van der Waals surface area contributed by atoms with E-state index >= 15 is 0 Å². The number of aryl methyl sites for hydroxylation is 1. The molecule has 9 heteroatoms. The van der Waals surface area contributed by atoms with E-state index in [0.717, 1.165) is 10.7 Å². The van der Waals surface area contributed by atoms with Crippen LogP contribution in [0.2, 0.25) is 0 Å². The minimum Gasteiger partial charge on any atom is -0.493 e. The van der Waals surface area contributed by atoms with Gasteiger partial charge in [-0.15, -0.1) is 0 Å². The van der Waals surface area contributed by atoms with Gasteiger partial charge in [0.1, 0.15) is 17.3 Å². The maximum absolute atomic E-state index is 13.9. The van der Waals surface area contributed by atoms with E-state index in [2.05, 4.69) is 10.4 Å². The summed E-state index contributed by atoms with van der Waals surface area (Å²) in [7, 11) is 0. The third kappa shape index (κ3) is 4.40. The summed E-state index contributed by atoms with van der Waals surface area (Å²) in [6.07, 6.45) is -0.446. The van der Waals surface area contributed by atoms with Crippen molar-refractivity contribution in [2.24, 2.45) is 0 Å². The molecule has 3 N–H and O–H groups in total. The molecule has 2 aromatic carbocycles. The van der Waals surface area contributed by atoms with Crippen molar-refractivity contribution in [3.05, 3.63) is 77.0 Å². The number of aliphatic carboxylic acids is 1. The first-order valence-electron chi connectivity index (χ1n) is 8.59. The van der Waals surface area contributed by atoms with Gasteiger partial charge in [-0.1, -0.05) is 18.2 Å². The van der Waals surface area contributed by atoms with Crippen molar-refractivity contribution >= 4 is 11.9 Å². The lowest BCUT2D eigenvalue weighted by atomic mass is 9.98. The Balaban J connectivity index is 1.90. The number of hydrogen-bond donors (Lipinski definition) is 3. The zero-order chi connectivity index (χ0) is 21.1. The lowest BCUT2D eigenvalue weighted by molar-refractivity contribution is -0.137. The molecule has 0 bridgehead atoms. The van der Waals surface area contributed by atoms with Crippen LogP contribution < -0.4 is 5.32 Å². The van der Waals surface area contributed by atoms with Gasteiger partial charge in [0.05, 0.1) is 12.5 Å². The van der Waals surface area contributed by atoms with E-state index in [9.17, 15) is 28.6 Å². The summed E-state index contributed by atoms with van der Waals surface area (Å²) in [5, 5.41) is 25.7. The summed E-state index contributed by atoms with van der Waals surface area (Å²) < 4.78 is 28.2. The van der Waals surface area contributed by atoms with E-state index in [1.165, 1.54) is 36.4 Å². The predicted octanol–water partition coefficient (Wildman–Crippen LogP) is 3.11. The fraction of sp³-hybridized carbons (Fsp3) is 0.150. The smallest absolute Gasteiger partial charge is 0.305 e. The van der Waals surface area contributed by atoms with E-state index in [1.54, 1.807) is 13.0 Å². The van der Waals surface area contributed by atoms with Gasteiger partial charge in [0.2, 0.25) is 5.88 Å². The fourth-order valence-corrected chi connectivity index (χ4v) is 2.96. The van der Waals surface area contributed by atoms with Gasteiger partial charge in [0.15, 0.2) is 5.69 Å². The number of carbonyl (C=O) groups is 2. The Morgan fingerprint density at radius 3 is 2.55 bits per heavy atom. The normalized spacial score (nSPS) is 11.8. The zero-order valence-electron chi connectivity index (χ0n) is 15.3. The van der Waals surface area contributed by atoms with Crippen LogP contribution in [0.5, 0.6) is 5.88 Å². The monoisotopic (exact) mass is 401 g/mol. The number of aromatic hydroxyl groups is 1. The quantitative estimate of drug-likeness (QED) is 0.589. The van der Waals surface area contributed by atoms with Crippen molar-refractivity contribution in [2.45, 2.75) is 19.4 Å². The number of aromatic nitrogens is 2. The lowest BCUT2D eigenvalue weighted by Gasteiger charge is -2.19. The number of halogens is 2. The van der Waals surface area contributed by atoms with Gasteiger partial charge in [-0.05, 0) is 42.3 Å². The summed E-state index contributed by atoms with van der Waals surface area (Å²) in [4.78, 5) is 23.8.